The van der Waals surface area contributed by atoms with Crippen molar-refractivity contribution in [3.05, 3.63) is 32.6 Å². The molecule has 0 aromatic carbocycles. The molecule has 0 aliphatic carbocycles. The molecule has 20 heavy (non-hydrogen) atoms. The summed E-state index contributed by atoms with van der Waals surface area (Å²) in [7, 11) is -3.10. The standard InChI is InChI=1S/C10H15N2O7P/c1-5-3-12(10(15)11-9(5)14)8-2-6(13)7(19-8)4-18-20(16)17/h3,6-8,13,20H,2,4H2,1H3,(H,16,17)(H,11,14,15). The zero-order valence-corrected chi connectivity index (χ0v) is 11.6. The summed E-state index contributed by atoms with van der Waals surface area (Å²) in [6, 6.07) is 0. The normalized spacial score (nSPS) is 27.6. The number of nitrogens with one attached hydrogen (secondary N) is 1. The van der Waals surface area contributed by atoms with Gasteiger partial charge in [0.05, 0.1) is 12.7 Å². The third-order valence-corrected chi connectivity index (χ3v) is 3.44. The van der Waals surface area contributed by atoms with Crippen LogP contribution in [0.2, 0.25) is 0 Å². The Bertz CT molecular complexity index is 625. The Kier molecular flexibility index (Phi) is 4.56. The lowest BCUT2D eigenvalue weighted by molar-refractivity contribution is -0.0413. The zero-order chi connectivity index (χ0) is 14.9. The Morgan fingerprint density at radius 1 is 1.60 bits per heavy atom. The molecule has 1 fully saturated rings. The van der Waals surface area contributed by atoms with Crippen molar-refractivity contribution in [1.29, 1.82) is 0 Å². The number of aromatic amines is 1. The third kappa shape index (κ3) is 3.25. The third-order valence-electron chi connectivity index (χ3n) is 3.03. The van der Waals surface area contributed by atoms with Crippen molar-refractivity contribution in [2.75, 3.05) is 6.61 Å². The van der Waals surface area contributed by atoms with Crippen LogP contribution in [0, 0.1) is 6.92 Å². The van der Waals surface area contributed by atoms with Gasteiger partial charge in [0.15, 0.2) is 0 Å². The Hall–Kier alpha value is -1.25. The van der Waals surface area contributed by atoms with E-state index in [2.05, 4.69) is 9.51 Å². The molecule has 0 spiro atoms. The van der Waals surface area contributed by atoms with Crippen LogP contribution in [-0.4, -0.2) is 38.4 Å². The second-order valence-electron chi connectivity index (χ2n) is 4.49. The molecule has 0 saturated carbocycles. The maximum absolute atomic E-state index is 11.7. The minimum atomic E-state index is -3.10. The second-order valence-corrected chi connectivity index (χ2v) is 5.31. The summed E-state index contributed by atoms with van der Waals surface area (Å²) in [5.74, 6) is 0. The van der Waals surface area contributed by atoms with Crippen molar-refractivity contribution < 1.29 is 23.8 Å². The molecule has 10 heteroatoms. The Morgan fingerprint density at radius 2 is 2.30 bits per heavy atom. The fraction of sp³-hybridized carbons (Fsp3) is 0.600. The van der Waals surface area contributed by atoms with Gasteiger partial charge < -0.3 is 19.3 Å². The number of aromatic nitrogens is 2. The fourth-order valence-corrected chi connectivity index (χ4v) is 2.30. The van der Waals surface area contributed by atoms with E-state index in [1.165, 1.54) is 10.8 Å². The van der Waals surface area contributed by atoms with E-state index in [1.807, 2.05) is 0 Å². The van der Waals surface area contributed by atoms with E-state index in [1.54, 1.807) is 6.92 Å². The van der Waals surface area contributed by atoms with Crippen LogP contribution in [0.3, 0.4) is 0 Å². The van der Waals surface area contributed by atoms with Crippen LogP contribution in [0.1, 0.15) is 18.2 Å². The van der Waals surface area contributed by atoms with Crippen molar-refractivity contribution in [1.82, 2.24) is 9.55 Å². The van der Waals surface area contributed by atoms with Crippen LogP contribution in [0.5, 0.6) is 0 Å². The van der Waals surface area contributed by atoms with Gasteiger partial charge in [-0.25, -0.2) is 4.79 Å². The van der Waals surface area contributed by atoms with Gasteiger partial charge in [-0.15, -0.1) is 0 Å². The smallest absolute Gasteiger partial charge is 0.330 e. The van der Waals surface area contributed by atoms with Crippen molar-refractivity contribution in [3.63, 3.8) is 0 Å². The molecule has 9 nitrogen and oxygen atoms in total. The highest BCUT2D eigenvalue weighted by Crippen LogP contribution is 2.29. The first-order valence-electron chi connectivity index (χ1n) is 5.90. The SMILES string of the molecule is Cc1cn(C2CC(O)C(CO[PH](=O)O)O2)c(=O)[nH]c1=O. The average Bonchev–Trinajstić information content (AvgIpc) is 2.72. The summed E-state index contributed by atoms with van der Waals surface area (Å²) >= 11 is 0. The predicted octanol–water partition coefficient (Wildman–Crippen LogP) is -1.11. The van der Waals surface area contributed by atoms with E-state index in [-0.39, 0.29) is 13.0 Å². The second kappa shape index (κ2) is 6.02. The first-order chi connectivity index (χ1) is 9.38. The zero-order valence-electron chi connectivity index (χ0n) is 10.6. The summed E-state index contributed by atoms with van der Waals surface area (Å²) in [5.41, 5.74) is -0.790. The lowest BCUT2D eigenvalue weighted by atomic mass is 10.2. The van der Waals surface area contributed by atoms with Crippen LogP contribution >= 0.6 is 8.25 Å². The van der Waals surface area contributed by atoms with Crippen molar-refractivity contribution >= 4 is 8.25 Å². The van der Waals surface area contributed by atoms with E-state index in [0.29, 0.717) is 5.56 Å². The molecule has 1 aromatic rings. The minimum absolute atomic E-state index is 0.117. The molecule has 1 saturated heterocycles. The molecule has 1 aromatic heterocycles. The van der Waals surface area contributed by atoms with Crippen LogP contribution in [0.25, 0.3) is 0 Å². The quantitative estimate of drug-likeness (QED) is 0.601. The van der Waals surface area contributed by atoms with Gasteiger partial charge in [0.1, 0.15) is 12.3 Å². The first-order valence-corrected chi connectivity index (χ1v) is 7.16. The summed E-state index contributed by atoms with van der Waals surface area (Å²) < 4.78 is 21.6. The number of rotatable bonds is 4. The van der Waals surface area contributed by atoms with Gasteiger partial charge in [0, 0.05) is 18.2 Å². The van der Waals surface area contributed by atoms with Crippen LogP contribution < -0.4 is 11.2 Å². The van der Waals surface area contributed by atoms with E-state index < -0.39 is 37.9 Å². The number of hydrogen-bond acceptors (Lipinski definition) is 6. The average molecular weight is 306 g/mol. The number of aliphatic hydroxyl groups excluding tert-OH is 1. The van der Waals surface area contributed by atoms with E-state index >= 15 is 0 Å². The molecule has 1 aliphatic heterocycles. The summed E-state index contributed by atoms with van der Waals surface area (Å²) in [6.45, 7) is 1.29. The lowest BCUT2D eigenvalue weighted by Gasteiger charge is -2.15. The molecule has 4 atom stereocenters. The molecule has 2 rings (SSSR count). The maximum Gasteiger partial charge on any atom is 0.330 e. The van der Waals surface area contributed by atoms with Gasteiger partial charge in [0.25, 0.3) is 5.56 Å². The first kappa shape index (κ1) is 15.1. The summed E-state index contributed by atoms with van der Waals surface area (Å²) in [5, 5.41) is 9.78. The van der Waals surface area contributed by atoms with Gasteiger partial charge >= 0.3 is 13.9 Å². The number of ether oxygens (including phenoxy) is 1. The van der Waals surface area contributed by atoms with Crippen LogP contribution in [0.4, 0.5) is 0 Å². The molecular formula is C10H15N2O7P. The van der Waals surface area contributed by atoms with Crippen molar-refractivity contribution in [2.45, 2.75) is 31.8 Å². The Morgan fingerprint density at radius 3 is 2.95 bits per heavy atom. The molecule has 0 amide bonds. The molecule has 1 aliphatic rings. The molecule has 112 valence electrons. The van der Waals surface area contributed by atoms with Gasteiger partial charge in [0.2, 0.25) is 0 Å². The summed E-state index contributed by atoms with van der Waals surface area (Å²) in [6.07, 6.45) is -1.04. The van der Waals surface area contributed by atoms with Crippen molar-refractivity contribution in [2.24, 2.45) is 0 Å². The van der Waals surface area contributed by atoms with Gasteiger partial charge in [-0.1, -0.05) is 0 Å². The molecule has 4 unspecified atom stereocenters. The summed E-state index contributed by atoms with van der Waals surface area (Å²) in [4.78, 5) is 33.7. The number of H-pyrrole nitrogens is 1. The molecule has 0 radical (unpaired) electrons. The monoisotopic (exact) mass is 306 g/mol. The van der Waals surface area contributed by atoms with Crippen molar-refractivity contribution in [3.8, 4) is 0 Å². The highest BCUT2D eigenvalue weighted by molar-refractivity contribution is 7.32. The minimum Gasteiger partial charge on any atom is -0.390 e. The van der Waals surface area contributed by atoms with E-state index in [0.717, 1.165) is 0 Å². The Labute approximate surface area is 113 Å². The molecule has 2 heterocycles. The number of nitrogens with zero attached hydrogens (tertiary/aromatic N) is 1. The topological polar surface area (TPSA) is 131 Å². The number of hydrogen-bond donors (Lipinski definition) is 3. The highest BCUT2D eigenvalue weighted by atomic mass is 31.1. The fourth-order valence-electron chi connectivity index (χ4n) is 1.99. The van der Waals surface area contributed by atoms with E-state index in [4.69, 9.17) is 9.63 Å². The van der Waals surface area contributed by atoms with Gasteiger partial charge in [-0.2, -0.15) is 0 Å². The molecule has 3 N–H and O–H groups in total. The molecule has 0 bridgehead atoms. The lowest BCUT2D eigenvalue weighted by Crippen LogP contribution is -2.33. The Balaban J connectivity index is 2.16. The van der Waals surface area contributed by atoms with Gasteiger partial charge in [-0.3, -0.25) is 18.9 Å². The number of aliphatic hydroxyl groups is 1. The number of aryl methyl sites for hydroxylation is 1. The maximum atomic E-state index is 11.7. The van der Waals surface area contributed by atoms with Crippen LogP contribution in [-0.2, 0) is 13.8 Å². The predicted molar refractivity (Wildman–Crippen MR) is 67.8 cm³/mol. The largest absolute Gasteiger partial charge is 0.390 e. The van der Waals surface area contributed by atoms with Crippen LogP contribution in [0.15, 0.2) is 15.8 Å². The highest BCUT2D eigenvalue weighted by Gasteiger charge is 2.35. The van der Waals surface area contributed by atoms with Gasteiger partial charge in [-0.05, 0) is 6.92 Å². The molecular weight excluding hydrogens is 291 g/mol. The van der Waals surface area contributed by atoms with E-state index in [9.17, 15) is 19.3 Å².